The molecule has 0 amide bonds. The molecule has 136 valence electrons. The fourth-order valence-corrected chi connectivity index (χ4v) is 4.26. The van der Waals surface area contributed by atoms with Crippen LogP contribution in [0.1, 0.15) is 5.56 Å². The summed E-state index contributed by atoms with van der Waals surface area (Å²) in [6, 6.07) is 26.6. The summed E-state index contributed by atoms with van der Waals surface area (Å²) < 4.78 is 1.69. The van der Waals surface area contributed by atoms with Gasteiger partial charge in [-0.05, 0) is 33.9 Å². The topological polar surface area (TPSA) is 47.0 Å². The molecule has 0 aromatic heterocycles. The zero-order valence-electron chi connectivity index (χ0n) is 15.7. The summed E-state index contributed by atoms with van der Waals surface area (Å²) in [5.74, 6) is 0. The number of aliphatic hydroxyl groups is 1. The van der Waals surface area contributed by atoms with Crippen LogP contribution in [0.2, 0.25) is 0 Å². The first-order valence-corrected chi connectivity index (χ1v) is 9.77. The number of hydrogen-bond acceptors (Lipinski definition) is 2. The van der Waals surface area contributed by atoms with E-state index >= 15 is 0 Å². The number of hydrogen-bond donors (Lipinski definition) is 1. The average molecular weight is 383 g/mol. The summed E-state index contributed by atoms with van der Waals surface area (Å²) in [5.41, 5.74) is 2.79. The number of aliphatic hydroxyl groups excluding tert-OH is 1. The Bertz CT molecular complexity index is 1280. The van der Waals surface area contributed by atoms with Gasteiger partial charge in [0.25, 0.3) is 0 Å². The van der Waals surface area contributed by atoms with Gasteiger partial charge in [0.05, 0.1) is 11.6 Å². The Hall–Kier alpha value is -3.29. The Morgan fingerprint density at radius 1 is 0.857 bits per heavy atom. The molecule has 28 heavy (non-hydrogen) atoms. The summed E-state index contributed by atoms with van der Waals surface area (Å²) in [6.45, 7) is 0. The summed E-state index contributed by atoms with van der Waals surface area (Å²) in [6.07, 6.45) is 0. The van der Waals surface area contributed by atoms with E-state index in [0.717, 1.165) is 37.6 Å². The molecule has 0 saturated heterocycles. The molecule has 0 heterocycles. The lowest BCUT2D eigenvalue weighted by Crippen LogP contribution is -2.08. The monoisotopic (exact) mass is 383 g/mol. The zero-order chi connectivity index (χ0) is 19.7. The molecular weight excluding hydrogens is 364 g/mol. The number of nitriles is 1. The highest BCUT2D eigenvalue weighted by Crippen LogP contribution is 2.41. The Kier molecular flexibility index (Phi) is 4.77. The number of nitrogens with zero attached hydrogens (tertiary/aromatic N) is 2. The third-order valence-electron chi connectivity index (χ3n) is 4.79. The molecule has 0 aliphatic rings. The van der Waals surface area contributed by atoms with Gasteiger partial charge in [-0.1, -0.05) is 60.7 Å². The van der Waals surface area contributed by atoms with Gasteiger partial charge in [-0.3, -0.25) is 0 Å². The van der Waals surface area contributed by atoms with Gasteiger partial charge >= 0.3 is 5.23 Å². The largest absolute Gasteiger partial charge is 0.455 e. The van der Waals surface area contributed by atoms with Gasteiger partial charge in [-0.2, -0.15) is 9.84 Å². The van der Waals surface area contributed by atoms with Gasteiger partial charge in [0, 0.05) is 27.6 Å². The van der Waals surface area contributed by atoms with Crippen molar-refractivity contribution in [1.29, 1.82) is 5.26 Å². The van der Waals surface area contributed by atoms with Crippen LogP contribution in [0.25, 0.3) is 32.7 Å². The minimum absolute atomic E-state index is 0.231. The van der Waals surface area contributed by atoms with Crippen LogP contribution >= 0.6 is 11.8 Å². The Morgan fingerprint density at radius 2 is 1.54 bits per heavy atom. The molecule has 0 fully saturated rings. The third-order valence-corrected chi connectivity index (χ3v) is 5.90. The van der Waals surface area contributed by atoms with E-state index in [2.05, 4.69) is 36.4 Å². The first-order valence-electron chi connectivity index (χ1n) is 8.95. The standard InChI is InChI=1S/C24H18N2OS/c1-26(2)24(27)28-22-14-12-16-7-3-4-9-19(16)23(22)21-13-11-17(15-25)18-8-5-6-10-20(18)21/h3-14H,1-2H3/p+1. The van der Waals surface area contributed by atoms with Crippen LogP contribution in [0.5, 0.6) is 0 Å². The number of thioether (sulfide) groups is 1. The predicted octanol–water partition coefficient (Wildman–Crippen LogP) is 5.81. The number of rotatable bonds is 2. The highest BCUT2D eigenvalue weighted by atomic mass is 32.2. The Morgan fingerprint density at radius 3 is 2.25 bits per heavy atom. The molecule has 3 nitrogen and oxygen atoms in total. The van der Waals surface area contributed by atoms with Crippen LogP contribution in [0.15, 0.2) is 77.7 Å². The maximum Gasteiger partial charge on any atom is 0.402 e. The van der Waals surface area contributed by atoms with E-state index in [1.807, 2.05) is 56.6 Å². The van der Waals surface area contributed by atoms with E-state index in [9.17, 15) is 10.4 Å². The molecule has 4 aromatic rings. The quantitative estimate of drug-likeness (QED) is 0.206. The first-order chi connectivity index (χ1) is 13.6. The molecule has 0 atom stereocenters. The van der Waals surface area contributed by atoms with Crippen molar-refractivity contribution in [3.63, 3.8) is 0 Å². The summed E-state index contributed by atoms with van der Waals surface area (Å²) in [5, 5.41) is 24.3. The molecule has 0 bridgehead atoms. The molecule has 0 radical (unpaired) electrons. The van der Waals surface area contributed by atoms with Crippen LogP contribution in [0.3, 0.4) is 0 Å². The van der Waals surface area contributed by atoms with Gasteiger partial charge in [-0.25, -0.2) is 0 Å². The van der Waals surface area contributed by atoms with Gasteiger partial charge in [0.1, 0.15) is 14.1 Å². The van der Waals surface area contributed by atoms with E-state index in [1.165, 1.54) is 11.8 Å². The molecule has 1 N–H and O–H groups in total. The molecular formula is C24H19N2OS+. The zero-order valence-corrected chi connectivity index (χ0v) is 16.5. The van der Waals surface area contributed by atoms with Crippen LogP contribution < -0.4 is 0 Å². The van der Waals surface area contributed by atoms with Crippen LogP contribution in [-0.2, 0) is 0 Å². The average Bonchev–Trinajstić information content (AvgIpc) is 2.73. The van der Waals surface area contributed by atoms with Crippen LogP contribution in [-0.4, -0.2) is 29.0 Å². The fraction of sp³-hybridized carbons (Fsp3) is 0.0833. The van der Waals surface area contributed by atoms with Crippen molar-refractivity contribution in [2.45, 2.75) is 4.90 Å². The lowest BCUT2D eigenvalue weighted by atomic mass is 9.92. The number of fused-ring (bicyclic) bond motifs is 2. The van der Waals surface area contributed by atoms with E-state index in [4.69, 9.17) is 0 Å². The van der Waals surface area contributed by atoms with Crippen LogP contribution in [0.4, 0.5) is 0 Å². The minimum atomic E-state index is 0.231. The van der Waals surface area contributed by atoms with Crippen molar-refractivity contribution in [3.8, 4) is 17.2 Å². The Labute approximate surface area is 168 Å². The van der Waals surface area contributed by atoms with Gasteiger partial charge in [-0.15, -0.1) is 0 Å². The SMILES string of the molecule is C[N+](C)=C(O)Sc1ccc2ccccc2c1-c1ccc(C#N)c2ccccc12. The van der Waals surface area contributed by atoms with E-state index in [0.29, 0.717) is 5.56 Å². The second kappa shape index (κ2) is 7.38. The lowest BCUT2D eigenvalue weighted by molar-refractivity contribution is -0.469. The molecule has 0 aliphatic carbocycles. The van der Waals surface area contributed by atoms with Crippen LogP contribution in [0, 0.1) is 11.3 Å². The molecule has 4 rings (SSSR count). The lowest BCUT2D eigenvalue weighted by Gasteiger charge is -2.15. The van der Waals surface area contributed by atoms with Crippen molar-refractivity contribution in [3.05, 3.63) is 78.4 Å². The second-order valence-corrected chi connectivity index (χ2v) is 7.77. The highest BCUT2D eigenvalue weighted by molar-refractivity contribution is 8.13. The molecule has 4 aromatic carbocycles. The summed E-state index contributed by atoms with van der Waals surface area (Å²) >= 11 is 1.34. The maximum absolute atomic E-state index is 10.4. The third kappa shape index (κ3) is 3.11. The van der Waals surface area contributed by atoms with Crippen molar-refractivity contribution in [2.24, 2.45) is 0 Å². The maximum atomic E-state index is 10.4. The molecule has 0 saturated carbocycles. The van der Waals surface area contributed by atoms with Crippen molar-refractivity contribution < 1.29 is 9.68 Å². The highest BCUT2D eigenvalue weighted by Gasteiger charge is 2.18. The number of benzene rings is 4. The van der Waals surface area contributed by atoms with E-state index in [1.54, 1.807) is 4.58 Å². The normalized spacial score (nSPS) is 10.8. The van der Waals surface area contributed by atoms with Crippen molar-refractivity contribution in [1.82, 2.24) is 0 Å². The molecule has 0 unspecified atom stereocenters. The first kappa shape index (κ1) is 18.1. The summed E-state index contributed by atoms with van der Waals surface area (Å²) in [7, 11) is 3.64. The minimum Gasteiger partial charge on any atom is -0.455 e. The Balaban J connectivity index is 2.10. The summed E-state index contributed by atoms with van der Waals surface area (Å²) in [4.78, 5) is 0.972. The van der Waals surface area contributed by atoms with Crippen molar-refractivity contribution in [2.75, 3.05) is 14.1 Å². The van der Waals surface area contributed by atoms with Gasteiger partial charge in [0.15, 0.2) is 0 Å². The molecule has 0 spiro atoms. The van der Waals surface area contributed by atoms with E-state index < -0.39 is 0 Å². The van der Waals surface area contributed by atoms with Crippen molar-refractivity contribution >= 4 is 38.5 Å². The second-order valence-electron chi connectivity index (χ2n) is 6.76. The molecule has 4 heteroatoms. The van der Waals surface area contributed by atoms with Gasteiger partial charge < -0.3 is 5.11 Å². The molecule has 0 aliphatic heterocycles. The fourth-order valence-electron chi connectivity index (χ4n) is 3.42. The van der Waals surface area contributed by atoms with E-state index in [-0.39, 0.29) is 5.23 Å². The van der Waals surface area contributed by atoms with Gasteiger partial charge in [0.2, 0.25) is 0 Å². The predicted molar refractivity (Wildman–Crippen MR) is 117 cm³/mol. The smallest absolute Gasteiger partial charge is 0.402 e.